The summed E-state index contributed by atoms with van der Waals surface area (Å²) in [6.45, 7) is 4.48. The summed E-state index contributed by atoms with van der Waals surface area (Å²) in [6.07, 6.45) is -0.496. The van der Waals surface area contributed by atoms with Crippen LogP contribution in [0, 0.1) is 0 Å². The first-order chi connectivity index (χ1) is 11.7. The molecule has 24 heavy (non-hydrogen) atoms. The molecule has 0 aromatic carbocycles. The van der Waals surface area contributed by atoms with Gasteiger partial charge in [-0.1, -0.05) is 12.1 Å². The van der Waals surface area contributed by atoms with Crippen molar-refractivity contribution in [1.29, 1.82) is 0 Å². The predicted molar refractivity (Wildman–Crippen MR) is 96.6 cm³/mol. The van der Waals surface area contributed by atoms with E-state index >= 15 is 0 Å². The number of carbonyl (C=O) groups is 1. The standard InChI is InChI=1S/C17H22N2O3S2/c20-14(12-22-13-15-3-1-9-23-15)11-18-5-7-19(8-6-18)17(21)16-4-2-10-24-16/h1-4,9-10,14,20H,5-8,11-13H2. The lowest BCUT2D eigenvalue weighted by Crippen LogP contribution is -2.50. The van der Waals surface area contributed by atoms with E-state index in [4.69, 9.17) is 4.74 Å². The van der Waals surface area contributed by atoms with Gasteiger partial charge in [-0.05, 0) is 22.9 Å². The van der Waals surface area contributed by atoms with Crippen LogP contribution in [0.25, 0.3) is 0 Å². The van der Waals surface area contributed by atoms with Crippen molar-refractivity contribution in [2.24, 2.45) is 0 Å². The van der Waals surface area contributed by atoms with Gasteiger partial charge in [0.1, 0.15) is 0 Å². The summed E-state index contributed by atoms with van der Waals surface area (Å²) in [5, 5.41) is 14.1. The van der Waals surface area contributed by atoms with Crippen LogP contribution in [-0.2, 0) is 11.3 Å². The van der Waals surface area contributed by atoms with Gasteiger partial charge in [-0.25, -0.2) is 0 Å². The molecule has 7 heteroatoms. The highest BCUT2D eigenvalue weighted by molar-refractivity contribution is 7.12. The molecule has 130 valence electrons. The number of piperazine rings is 1. The number of ether oxygens (including phenoxy) is 1. The minimum absolute atomic E-state index is 0.115. The van der Waals surface area contributed by atoms with Crippen molar-refractivity contribution >= 4 is 28.6 Å². The zero-order valence-electron chi connectivity index (χ0n) is 13.5. The Morgan fingerprint density at radius 1 is 1.17 bits per heavy atom. The molecule has 1 aliphatic heterocycles. The first-order valence-electron chi connectivity index (χ1n) is 8.05. The van der Waals surface area contributed by atoms with Crippen LogP contribution >= 0.6 is 22.7 Å². The predicted octanol–water partition coefficient (Wildman–Crippen LogP) is 2.15. The number of hydrogen-bond donors (Lipinski definition) is 1. The number of β-amino-alcohol motifs (C(OH)–C–C–N with tert-alkyl or cyclic N) is 1. The fraction of sp³-hybridized carbons (Fsp3) is 0.471. The molecule has 1 unspecified atom stereocenters. The third-order valence-corrected chi connectivity index (χ3v) is 5.70. The molecule has 0 saturated carbocycles. The van der Waals surface area contributed by atoms with E-state index in [1.54, 1.807) is 11.3 Å². The van der Waals surface area contributed by atoms with E-state index in [0.717, 1.165) is 18.0 Å². The van der Waals surface area contributed by atoms with Crippen LogP contribution in [0.5, 0.6) is 0 Å². The van der Waals surface area contributed by atoms with Crippen LogP contribution in [0.15, 0.2) is 35.0 Å². The number of amides is 1. The van der Waals surface area contributed by atoms with E-state index in [0.29, 0.717) is 32.8 Å². The third kappa shape index (κ3) is 4.87. The van der Waals surface area contributed by atoms with Gasteiger partial charge in [0.05, 0.1) is 24.2 Å². The highest BCUT2D eigenvalue weighted by Gasteiger charge is 2.23. The number of hydrogen-bond acceptors (Lipinski definition) is 6. The van der Waals surface area contributed by atoms with E-state index in [9.17, 15) is 9.90 Å². The molecule has 1 amide bonds. The molecule has 3 heterocycles. The second-order valence-electron chi connectivity index (χ2n) is 5.82. The maximum Gasteiger partial charge on any atom is 0.264 e. The molecule has 1 fully saturated rings. The molecular weight excluding hydrogens is 344 g/mol. The molecule has 1 saturated heterocycles. The highest BCUT2D eigenvalue weighted by Crippen LogP contribution is 2.14. The monoisotopic (exact) mass is 366 g/mol. The average Bonchev–Trinajstić information content (AvgIpc) is 3.29. The summed E-state index contributed by atoms with van der Waals surface area (Å²) in [5.74, 6) is 0.115. The Morgan fingerprint density at radius 3 is 2.58 bits per heavy atom. The number of aliphatic hydroxyl groups is 1. The summed E-state index contributed by atoms with van der Waals surface area (Å²) >= 11 is 3.14. The van der Waals surface area contributed by atoms with Crippen LogP contribution < -0.4 is 0 Å². The highest BCUT2D eigenvalue weighted by atomic mass is 32.1. The fourth-order valence-electron chi connectivity index (χ4n) is 2.73. The molecule has 2 aromatic heterocycles. The molecule has 1 N–H and O–H groups in total. The van der Waals surface area contributed by atoms with Crippen molar-refractivity contribution < 1.29 is 14.6 Å². The molecule has 1 aliphatic rings. The number of aliphatic hydroxyl groups excluding tert-OH is 1. The van der Waals surface area contributed by atoms with Gasteiger partial charge in [-0.15, -0.1) is 22.7 Å². The lowest BCUT2D eigenvalue weighted by Gasteiger charge is -2.35. The van der Waals surface area contributed by atoms with Crippen molar-refractivity contribution in [1.82, 2.24) is 9.80 Å². The van der Waals surface area contributed by atoms with Gasteiger partial charge in [0.15, 0.2) is 0 Å². The Bertz CT molecular complexity index is 608. The van der Waals surface area contributed by atoms with Gasteiger partial charge >= 0.3 is 0 Å². The van der Waals surface area contributed by atoms with Crippen LogP contribution in [0.2, 0.25) is 0 Å². The normalized spacial score (nSPS) is 17.1. The molecule has 5 nitrogen and oxygen atoms in total. The minimum Gasteiger partial charge on any atom is -0.389 e. The molecule has 0 bridgehead atoms. The van der Waals surface area contributed by atoms with Crippen molar-refractivity contribution in [3.63, 3.8) is 0 Å². The topological polar surface area (TPSA) is 53.0 Å². The maximum absolute atomic E-state index is 12.3. The number of nitrogens with zero attached hydrogens (tertiary/aromatic N) is 2. The second-order valence-corrected chi connectivity index (χ2v) is 7.80. The van der Waals surface area contributed by atoms with E-state index in [2.05, 4.69) is 4.90 Å². The Morgan fingerprint density at radius 2 is 1.92 bits per heavy atom. The van der Waals surface area contributed by atoms with E-state index in [1.165, 1.54) is 16.2 Å². The smallest absolute Gasteiger partial charge is 0.264 e. The first-order valence-corrected chi connectivity index (χ1v) is 9.81. The summed E-state index contributed by atoms with van der Waals surface area (Å²) in [7, 11) is 0. The molecule has 0 radical (unpaired) electrons. The van der Waals surface area contributed by atoms with Crippen molar-refractivity contribution in [2.45, 2.75) is 12.7 Å². The van der Waals surface area contributed by atoms with Gasteiger partial charge in [-0.3, -0.25) is 9.69 Å². The van der Waals surface area contributed by atoms with Crippen molar-refractivity contribution in [2.75, 3.05) is 39.3 Å². The van der Waals surface area contributed by atoms with Gasteiger partial charge in [0.2, 0.25) is 0 Å². The maximum atomic E-state index is 12.3. The number of thiophene rings is 2. The SMILES string of the molecule is O=C(c1cccs1)N1CCN(CC(O)COCc2cccs2)CC1. The number of rotatable bonds is 7. The zero-order valence-corrected chi connectivity index (χ0v) is 15.1. The average molecular weight is 367 g/mol. The van der Waals surface area contributed by atoms with Crippen molar-refractivity contribution in [3.8, 4) is 0 Å². The molecule has 3 rings (SSSR count). The molecule has 1 atom stereocenters. The Balaban J connectivity index is 1.35. The molecule has 0 spiro atoms. The minimum atomic E-state index is -0.496. The van der Waals surface area contributed by atoms with Gasteiger partial charge < -0.3 is 14.7 Å². The summed E-state index contributed by atoms with van der Waals surface area (Å²) in [4.78, 5) is 18.3. The second kappa shape index (κ2) is 8.73. The van der Waals surface area contributed by atoms with Gasteiger partial charge in [0, 0.05) is 37.6 Å². The van der Waals surface area contributed by atoms with Crippen LogP contribution in [0.4, 0.5) is 0 Å². The summed E-state index contributed by atoms with van der Waals surface area (Å²) in [5.41, 5.74) is 0. The van der Waals surface area contributed by atoms with Crippen LogP contribution in [-0.4, -0.2) is 66.2 Å². The summed E-state index contributed by atoms with van der Waals surface area (Å²) < 4.78 is 5.56. The number of carbonyl (C=O) groups excluding carboxylic acids is 1. The van der Waals surface area contributed by atoms with E-state index < -0.39 is 6.10 Å². The van der Waals surface area contributed by atoms with Crippen LogP contribution in [0.3, 0.4) is 0 Å². The summed E-state index contributed by atoms with van der Waals surface area (Å²) in [6, 6.07) is 7.80. The Hall–Kier alpha value is -1.25. The quantitative estimate of drug-likeness (QED) is 0.816. The van der Waals surface area contributed by atoms with Crippen LogP contribution in [0.1, 0.15) is 14.5 Å². The van der Waals surface area contributed by atoms with Gasteiger partial charge in [0.25, 0.3) is 5.91 Å². The van der Waals surface area contributed by atoms with Gasteiger partial charge in [-0.2, -0.15) is 0 Å². The first kappa shape index (κ1) is 17.6. The molecule has 2 aromatic rings. The fourth-order valence-corrected chi connectivity index (χ4v) is 4.06. The molecular formula is C17H22N2O3S2. The zero-order chi connectivity index (χ0) is 16.8. The lowest BCUT2D eigenvalue weighted by molar-refractivity contribution is 0.00274. The van der Waals surface area contributed by atoms with E-state index in [-0.39, 0.29) is 5.91 Å². The molecule has 0 aliphatic carbocycles. The Kier molecular flexibility index (Phi) is 6.39. The van der Waals surface area contributed by atoms with E-state index in [1.807, 2.05) is 39.9 Å². The lowest BCUT2D eigenvalue weighted by atomic mass is 10.2. The largest absolute Gasteiger partial charge is 0.389 e. The van der Waals surface area contributed by atoms with Crippen molar-refractivity contribution in [3.05, 3.63) is 44.8 Å². The third-order valence-electron chi connectivity index (χ3n) is 4.00. The Labute approximate surface area is 150 Å².